The molecule has 0 spiro atoms. The number of benzene rings is 2. The summed E-state index contributed by atoms with van der Waals surface area (Å²) in [6.45, 7) is 3.48. The van der Waals surface area contributed by atoms with Crippen molar-refractivity contribution in [3.05, 3.63) is 65.7 Å². The fourth-order valence-corrected chi connectivity index (χ4v) is 3.07. The minimum absolute atomic E-state index is 0.303. The van der Waals surface area contributed by atoms with E-state index in [-0.39, 0.29) is 5.91 Å². The molecule has 2 aromatic rings. The van der Waals surface area contributed by atoms with Gasteiger partial charge in [-0.25, -0.2) is 4.79 Å². The van der Waals surface area contributed by atoms with E-state index in [2.05, 4.69) is 39.8 Å². The molecular weight excluding hydrogens is 340 g/mol. The minimum Gasteiger partial charge on any atom is -0.378 e. The van der Waals surface area contributed by atoms with Crippen molar-refractivity contribution in [2.75, 3.05) is 32.6 Å². The zero-order valence-electron chi connectivity index (χ0n) is 16.5. The number of urea groups is 1. The molecule has 0 aliphatic carbocycles. The average molecular weight is 369 g/mol. The Morgan fingerprint density at radius 2 is 1.67 bits per heavy atom. The second kappa shape index (κ2) is 9.73. The van der Waals surface area contributed by atoms with Crippen LogP contribution >= 0.6 is 0 Å². The third-order valence-corrected chi connectivity index (χ3v) is 4.61. The Hall–Kier alpha value is -2.86. The third kappa shape index (κ3) is 5.56. The van der Waals surface area contributed by atoms with Gasteiger partial charge in [-0.15, -0.1) is 0 Å². The van der Waals surface area contributed by atoms with Gasteiger partial charge in [0.05, 0.1) is 6.54 Å². The predicted octanol–water partition coefficient (Wildman–Crippen LogP) is 1.35. The van der Waals surface area contributed by atoms with Gasteiger partial charge in [0.15, 0.2) is 6.04 Å². The lowest BCUT2D eigenvalue weighted by molar-refractivity contribution is -0.933. The number of quaternary nitrogens is 1. The van der Waals surface area contributed by atoms with E-state index in [0.717, 1.165) is 28.3 Å². The summed E-state index contributed by atoms with van der Waals surface area (Å²) in [5.41, 5.74) is 3.17. The summed E-state index contributed by atoms with van der Waals surface area (Å²) in [5.74, 6) is -0.303. The van der Waals surface area contributed by atoms with Crippen LogP contribution in [0.1, 0.15) is 24.1 Å². The van der Waals surface area contributed by atoms with Crippen LogP contribution in [0.2, 0.25) is 0 Å². The molecule has 0 aliphatic rings. The zero-order valence-corrected chi connectivity index (χ0v) is 16.5. The number of nitrogens with one attached hydrogen (secondary N) is 3. The fourth-order valence-electron chi connectivity index (χ4n) is 3.07. The van der Waals surface area contributed by atoms with Crippen molar-refractivity contribution in [2.45, 2.75) is 19.5 Å². The van der Waals surface area contributed by atoms with Crippen molar-refractivity contribution in [1.82, 2.24) is 10.6 Å². The van der Waals surface area contributed by atoms with E-state index in [4.69, 9.17) is 0 Å². The molecule has 0 bridgehead atoms. The summed E-state index contributed by atoms with van der Waals surface area (Å²) >= 11 is 0. The first-order valence-corrected chi connectivity index (χ1v) is 9.14. The summed E-state index contributed by atoms with van der Waals surface area (Å²) < 4.78 is 0. The summed E-state index contributed by atoms with van der Waals surface area (Å²) in [6, 6.07) is 17.0. The van der Waals surface area contributed by atoms with Gasteiger partial charge in [0.1, 0.15) is 6.54 Å². The lowest BCUT2D eigenvalue weighted by atomic mass is 10.0. The Labute approximate surface area is 161 Å². The molecule has 27 heavy (non-hydrogen) atoms. The molecule has 0 saturated heterocycles. The van der Waals surface area contributed by atoms with Crippen LogP contribution in [0.25, 0.3) is 0 Å². The summed E-state index contributed by atoms with van der Waals surface area (Å²) in [7, 11) is 5.51. The molecule has 0 saturated carbocycles. The Morgan fingerprint density at radius 1 is 1.04 bits per heavy atom. The van der Waals surface area contributed by atoms with Gasteiger partial charge in [-0.05, 0) is 19.1 Å². The standard InChI is InChI=1S/C21H28N4O2/c1-5-25(15-16-11-13-18(14-12-16)24(3)4)19(17-9-7-6-8-10-17)20(26)23-21(27)22-2/h6-14,19H,5,15H2,1-4H3,(H2,22,23,26,27)/p+1/t19-/m0/s1. The highest BCUT2D eigenvalue weighted by atomic mass is 16.2. The van der Waals surface area contributed by atoms with Gasteiger partial charge in [0.2, 0.25) is 0 Å². The van der Waals surface area contributed by atoms with Crippen LogP contribution in [0.3, 0.4) is 0 Å². The minimum atomic E-state index is -0.494. The maximum atomic E-state index is 12.8. The van der Waals surface area contributed by atoms with Crippen molar-refractivity contribution in [2.24, 2.45) is 0 Å². The van der Waals surface area contributed by atoms with Gasteiger partial charge >= 0.3 is 6.03 Å². The molecule has 6 nitrogen and oxygen atoms in total. The molecule has 0 fully saturated rings. The second-order valence-electron chi connectivity index (χ2n) is 6.66. The van der Waals surface area contributed by atoms with Crippen LogP contribution in [-0.4, -0.2) is 39.6 Å². The van der Waals surface area contributed by atoms with E-state index in [1.807, 2.05) is 51.4 Å². The van der Waals surface area contributed by atoms with Crippen molar-refractivity contribution in [1.29, 1.82) is 0 Å². The predicted molar refractivity (Wildman–Crippen MR) is 108 cm³/mol. The Bertz CT molecular complexity index is 745. The highest BCUT2D eigenvalue weighted by Gasteiger charge is 2.31. The molecular formula is C21H29N4O2+. The number of nitrogens with zero attached hydrogens (tertiary/aromatic N) is 1. The molecule has 3 N–H and O–H groups in total. The zero-order chi connectivity index (χ0) is 19.8. The molecule has 2 rings (SSSR count). The fraction of sp³-hybridized carbons (Fsp3) is 0.333. The molecule has 144 valence electrons. The first-order chi connectivity index (χ1) is 13.0. The SMILES string of the molecule is CC[NH+](Cc1ccc(N(C)C)cc1)[C@H](C(=O)NC(=O)NC)c1ccccc1. The van der Waals surface area contributed by atoms with E-state index >= 15 is 0 Å². The van der Waals surface area contributed by atoms with Gasteiger partial charge in [0.25, 0.3) is 5.91 Å². The number of carbonyl (C=O) groups excluding carboxylic acids is 2. The smallest absolute Gasteiger partial charge is 0.321 e. The maximum absolute atomic E-state index is 12.8. The van der Waals surface area contributed by atoms with Gasteiger partial charge < -0.3 is 15.1 Å². The lowest BCUT2D eigenvalue weighted by Crippen LogP contribution is -3.12. The molecule has 0 radical (unpaired) electrons. The largest absolute Gasteiger partial charge is 0.378 e. The number of carbonyl (C=O) groups is 2. The van der Waals surface area contributed by atoms with E-state index in [1.165, 1.54) is 7.05 Å². The number of anilines is 1. The Morgan fingerprint density at radius 3 is 2.19 bits per heavy atom. The van der Waals surface area contributed by atoms with Gasteiger partial charge in [0, 0.05) is 38.0 Å². The summed E-state index contributed by atoms with van der Waals surface area (Å²) in [4.78, 5) is 27.6. The topological polar surface area (TPSA) is 65.9 Å². The van der Waals surface area contributed by atoms with Crippen LogP contribution < -0.4 is 20.4 Å². The molecule has 2 atom stereocenters. The first-order valence-electron chi connectivity index (χ1n) is 9.14. The van der Waals surface area contributed by atoms with Crippen LogP contribution in [0, 0.1) is 0 Å². The normalized spacial score (nSPS) is 12.7. The van der Waals surface area contributed by atoms with Crippen molar-refractivity contribution in [3.8, 4) is 0 Å². The Balaban J connectivity index is 2.27. The van der Waals surface area contributed by atoms with E-state index in [1.54, 1.807) is 0 Å². The third-order valence-electron chi connectivity index (χ3n) is 4.61. The highest BCUT2D eigenvalue weighted by Crippen LogP contribution is 2.13. The van der Waals surface area contributed by atoms with Crippen LogP contribution in [0.4, 0.5) is 10.5 Å². The lowest BCUT2D eigenvalue weighted by Gasteiger charge is -2.27. The van der Waals surface area contributed by atoms with E-state index in [9.17, 15) is 9.59 Å². The van der Waals surface area contributed by atoms with Gasteiger partial charge in [-0.2, -0.15) is 0 Å². The number of likely N-dealkylation sites (N-methyl/N-ethyl adjacent to an activating group) is 1. The van der Waals surface area contributed by atoms with Crippen molar-refractivity contribution in [3.63, 3.8) is 0 Å². The molecule has 3 amide bonds. The number of hydrogen-bond donors (Lipinski definition) is 3. The molecule has 2 aromatic carbocycles. The van der Waals surface area contributed by atoms with E-state index < -0.39 is 12.1 Å². The van der Waals surface area contributed by atoms with E-state index in [0.29, 0.717) is 6.54 Å². The number of rotatable bonds is 7. The molecule has 1 unspecified atom stereocenters. The average Bonchev–Trinajstić information content (AvgIpc) is 2.68. The van der Waals surface area contributed by atoms with Crippen LogP contribution in [0.15, 0.2) is 54.6 Å². The summed E-state index contributed by atoms with van der Waals surface area (Å²) in [6.07, 6.45) is 0. The Kier molecular flexibility index (Phi) is 7.37. The number of imide groups is 1. The molecule has 0 heterocycles. The van der Waals surface area contributed by atoms with Crippen molar-refractivity contribution < 1.29 is 14.5 Å². The monoisotopic (exact) mass is 369 g/mol. The highest BCUT2D eigenvalue weighted by molar-refractivity contribution is 5.96. The summed E-state index contributed by atoms with van der Waals surface area (Å²) in [5, 5.41) is 4.88. The van der Waals surface area contributed by atoms with Gasteiger partial charge in [-0.3, -0.25) is 10.1 Å². The van der Waals surface area contributed by atoms with Crippen LogP contribution in [0.5, 0.6) is 0 Å². The number of amides is 3. The quantitative estimate of drug-likeness (QED) is 0.690. The number of hydrogen-bond acceptors (Lipinski definition) is 3. The van der Waals surface area contributed by atoms with Crippen LogP contribution in [-0.2, 0) is 11.3 Å². The van der Waals surface area contributed by atoms with Gasteiger partial charge in [-0.1, -0.05) is 42.5 Å². The second-order valence-corrected chi connectivity index (χ2v) is 6.66. The maximum Gasteiger partial charge on any atom is 0.321 e. The molecule has 6 heteroatoms. The molecule has 0 aliphatic heterocycles. The first kappa shape index (κ1) is 20.5. The van der Waals surface area contributed by atoms with Crippen molar-refractivity contribution >= 4 is 17.6 Å². The molecule has 0 aromatic heterocycles.